The first kappa shape index (κ1) is 17.9. The molecule has 2 N–H and O–H groups in total. The number of hydrogen-bond donors (Lipinski definition) is 2. The molecular weight excluding hydrogens is 312 g/mol. The standard InChI is InChI=1S/C17H26N2O3S/c1-17(2,3)13-6-8-14(9-7-13)23(21,22)12-11-19-16(20)15-5-4-10-18-15/h6-9,15,18H,4-5,10-12H2,1-3H3,(H,19,20). The summed E-state index contributed by atoms with van der Waals surface area (Å²) < 4.78 is 24.7. The second-order valence-corrected chi connectivity index (χ2v) is 9.14. The summed E-state index contributed by atoms with van der Waals surface area (Å²) in [7, 11) is -3.38. The molecule has 1 amide bonds. The van der Waals surface area contributed by atoms with Crippen LogP contribution in [0.2, 0.25) is 0 Å². The van der Waals surface area contributed by atoms with E-state index in [1.807, 2.05) is 12.1 Å². The van der Waals surface area contributed by atoms with Crippen molar-refractivity contribution in [3.05, 3.63) is 29.8 Å². The third kappa shape index (κ3) is 4.78. The van der Waals surface area contributed by atoms with Crippen LogP contribution >= 0.6 is 0 Å². The van der Waals surface area contributed by atoms with Crippen LogP contribution in [-0.2, 0) is 20.0 Å². The molecule has 128 valence electrons. The molecule has 0 saturated carbocycles. The van der Waals surface area contributed by atoms with E-state index >= 15 is 0 Å². The highest BCUT2D eigenvalue weighted by Gasteiger charge is 2.22. The number of amides is 1. The minimum absolute atomic E-state index is 0.00938. The Hall–Kier alpha value is -1.40. The molecule has 6 heteroatoms. The maximum atomic E-state index is 12.3. The van der Waals surface area contributed by atoms with Crippen LogP contribution < -0.4 is 10.6 Å². The summed E-state index contributed by atoms with van der Waals surface area (Å²) in [6.07, 6.45) is 1.79. The second-order valence-electron chi connectivity index (χ2n) is 7.03. The smallest absolute Gasteiger partial charge is 0.237 e. The zero-order valence-electron chi connectivity index (χ0n) is 14.1. The Morgan fingerprint density at radius 3 is 2.43 bits per heavy atom. The van der Waals surface area contributed by atoms with Gasteiger partial charge >= 0.3 is 0 Å². The summed E-state index contributed by atoms with van der Waals surface area (Å²) >= 11 is 0. The number of benzene rings is 1. The van der Waals surface area contributed by atoms with Gasteiger partial charge in [0.25, 0.3) is 0 Å². The molecule has 5 nitrogen and oxygen atoms in total. The van der Waals surface area contributed by atoms with E-state index in [9.17, 15) is 13.2 Å². The molecule has 0 aliphatic carbocycles. The molecule has 1 aliphatic rings. The summed E-state index contributed by atoms with van der Waals surface area (Å²) in [4.78, 5) is 12.2. The van der Waals surface area contributed by atoms with Crippen LogP contribution in [0.15, 0.2) is 29.2 Å². The predicted molar refractivity (Wildman–Crippen MR) is 91.2 cm³/mol. The largest absolute Gasteiger partial charge is 0.354 e. The molecule has 23 heavy (non-hydrogen) atoms. The average Bonchev–Trinajstić information content (AvgIpc) is 3.00. The van der Waals surface area contributed by atoms with Crippen LogP contribution in [0.4, 0.5) is 0 Å². The third-order valence-corrected chi connectivity index (χ3v) is 5.86. The number of carbonyl (C=O) groups is 1. The van der Waals surface area contributed by atoms with Gasteiger partial charge in [-0.15, -0.1) is 0 Å². The number of sulfone groups is 1. The molecule has 1 unspecified atom stereocenters. The van der Waals surface area contributed by atoms with Crippen molar-refractivity contribution in [2.75, 3.05) is 18.8 Å². The number of hydrogen-bond acceptors (Lipinski definition) is 4. The third-order valence-electron chi connectivity index (χ3n) is 4.13. The lowest BCUT2D eigenvalue weighted by Gasteiger charge is -2.19. The highest BCUT2D eigenvalue weighted by Crippen LogP contribution is 2.23. The Labute approximate surface area is 138 Å². The van der Waals surface area contributed by atoms with E-state index in [2.05, 4.69) is 31.4 Å². The van der Waals surface area contributed by atoms with Crippen LogP contribution in [-0.4, -0.2) is 39.2 Å². The van der Waals surface area contributed by atoms with E-state index in [0.717, 1.165) is 24.9 Å². The van der Waals surface area contributed by atoms with Crippen LogP contribution in [0.3, 0.4) is 0 Å². The number of rotatable bonds is 5. The summed E-state index contributed by atoms with van der Waals surface area (Å²) in [5.74, 6) is -0.193. The Balaban J connectivity index is 1.92. The van der Waals surface area contributed by atoms with E-state index < -0.39 is 9.84 Å². The maximum Gasteiger partial charge on any atom is 0.237 e. The molecule has 0 bridgehead atoms. The molecule has 0 aromatic heterocycles. The first-order valence-corrected chi connectivity index (χ1v) is 9.70. The van der Waals surface area contributed by atoms with E-state index in [4.69, 9.17) is 0 Å². The lowest BCUT2D eigenvalue weighted by atomic mass is 9.87. The molecule has 1 fully saturated rings. The zero-order chi connectivity index (χ0) is 17.1. The zero-order valence-corrected chi connectivity index (χ0v) is 14.9. The fourth-order valence-electron chi connectivity index (χ4n) is 2.62. The van der Waals surface area contributed by atoms with Gasteiger partial charge in [0.15, 0.2) is 9.84 Å². The van der Waals surface area contributed by atoms with Crippen molar-refractivity contribution in [2.24, 2.45) is 0 Å². The van der Waals surface area contributed by atoms with Gasteiger partial charge in [0.05, 0.1) is 16.7 Å². The fourth-order valence-corrected chi connectivity index (χ4v) is 3.78. The lowest BCUT2D eigenvalue weighted by Crippen LogP contribution is -2.42. The lowest BCUT2D eigenvalue weighted by molar-refractivity contribution is -0.122. The van der Waals surface area contributed by atoms with Gasteiger partial charge in [0.2, 0.25) is 5.91 Å². The van der Waals surface area contributed by atoms with Gasteiger partial charge in [-0.25, -0.2) is 8.42 Å². The first-order chi connectivity index (χ1) is 10.7. The maximum absolute atomic E-state index is 12.3. The number of carbonyl (C=O) groups excluding carboxylic acids is 1. The van der Waals surface area contributed by atoms with Crippen LogP contribution in [0.1, 0.15) is 39.2 Å². The molecule has 0 radical (unpaired) electrons. The van der Waals surface area contributed by atoms with Gasteiger partial charge < -0.3 is 10.6 Å². The minimum Gasteiger partial charge on any atom is -0.354 e. The molecule has 1 heterocycles. The number of nitrogens with one attached hydrogen (secondary N) is 2. The highest BCUT2D eigenvalue weighted by atomic mass is 32.2. The highest BCUT2D eigenvalue weighted by molar-refractivity contribution is 7.91. The minimum atomic E-state index is -3.38. The van der Waals surface area contributed by atoms with Crippen molar-refractivity contribution in [3.8, 4) is 0 Å². The molecule has 0 spiro atoms. The van der Waals surface area contributed by atoms with Crippen molar-refractivity contribution in [1.82, 2.24) is 10.6 Å². The molecular formula is C17H26N2O3S. The van der Waals surface area contributed by atoms with Crippen LogP contribution in [0.25, 0.3) is 0 Å². The first-order valence-electron chi connectivity index (χ1n) is 8.04. The van der Waals surface area contributed by atoms with Gasteiger partial charge in [-0.05, 0) is 42.5 Å². The summed E-state index contributed by atoms with van der Waals surface area (Å²) in [5.41, 5.74) is 1.09. The van der Waals surface area contributed by atoms with Gasteiger partial charge in [0, 0.05) is 6.54 Å². The summed E-state index contributed by atoms with van der Waals surface area (Å²) in [5, 5.41) is 5.80. The van der Waals surface area contributed by atoms with Gasteiger partial charge in [-0.3, -0.25) is 4.79 Å². The normalized spacial score (nSPS) is 18.8. The van der Waals surface area contributed by atoms with E-state index in [-0.39, 0.29) is 29.7 Å². The Kier molecular flexibility index (Phi) is 5.47. The average molecular weight is 338 g/mol. The Morgan fingerprint density at radius 2 is 1.91 bits per heavy atom. The predicted octanol–water partition coefficient (Wildman–Crippen LogP) is 1.63. The van der Waals surface area contributed by atoms with Crippen molar-refractivity contribution < 1.29 is 13.2 Å². The topological polar surface area (TPSA) is 75.3 Å². The fraction of sp³-hybridized carbons (Fsp3) is 0.588. The Bertz CT molecular complexity index is 639. The SMILES string of the molecule is CC(C)(C)c1ccc(S(=O)(=O)CCNC(=O)C2CCCN2)cc1. The van der Waals surface area contributed by atoms with Crippen molar-refractivity contribution in [2.45, 2.75) is 50.0 Å². The van der Waals surface area contributed by atoms with Crippen LogP contribution in [0.5, 0.6) is 0 Å². The van der Waals surface area contributed by atoms with E-state index in [0.29, 0.717) is 4.90 Å². The molecule has 1 aliphatic heterocycles. The monoisotopic (exact) mass is 338 g/mol. The van der Waals surface area contributed by atoms with Gasteiger partial charge in [0.1, 0.15) is 0 Å². The second kappa shape index (κ2) is 7.01. The molecule has 1 atom stereocenters. The quantitative estimate of drug-likeness (QED) is 0.855. The molecule has 1 aromatic rings. The molecule has 1 saturated heterocycles. The van der Waals surface area contributed by atoms with E-state index in [1.54, 1.807) is 12.1 Å². The summed E-state index contributed by atoms with van der Waals surface area (Å²) in [6, 6.07) is 6.83. The van der Waals surface area contributed by atoms with Crippen molar-refractivity contribution >= 4 is 15.7 Å². The van der Waals surface area contributed by atoms with Crippen molar-refractivity contribution in [3.63, 3.8) is 0 Å². The Morgan fingerprint density at radius 1 is 1.26 bits per heavy atom. The molecule has 2 rings (SSSR count). The van der Waals surface area contributed by atoms with Gasteiger partial charge in [-0.2, -0.15) is 0 Å². The van der Waals surface area contributed by atoms with E-state index in [1.165, 1.54) is 0 Å². The summed E-state index contributed by atoms with van der Waals surface area (Å²) in [6.45, 7) is 7.24. The van der Waals surface area contributed by atoms with Gasteiger partial charge in [-0.1, -0.05) is 32.9 Å². The van der Waals surface area contributed by atoms with Crippen LogP contribution in [0, 0.1) is 0 Å². The molecule has 1 aromatic carbocycles. The van der Waals surface area contributed by atoms with Crippen molar-refractivity contribution in [1.29, 1.82) is 0 Å².